The summed E-state index contributed by atoms with van der Waals surface area (Å²) >= 11 is 3.44. The van der Waals surface area contributed by atoms with Crippen molar-refractivity contribution in [3.63, 3.8) is 0 Å². The first kappa shape index (κ1) is 12.1. The van der Waals surface area contributed by atoms with E-state index in [-0.39, 0.29) is 5.92 Å². The molecule has 17 heavy (non-hydrogen) atoms. The van der Waals surface area contributed by atoms with Crippen LogP contribution in [0.15, 0.2) is 22.7 Å². The highest BCUT2D eigenvalue weighted by Gasteiger charge is 2.25. The van der Waals surface area contributed by atoms with Crippen LogP contribution >= 0.6 is 15.9 Å². The molecule has 1 heterocycles. The van der Waals surface area contributed by atoms with Crippen LogP contribution in [0.25, 0.3) is 0 Å². The van der Waals surface area contributed by atoms with E-state index in [1.54, 1.807) is 11.8 Å². The molecule has 1 atom stereocenters. The minimum absolute atomic E-state index is 0.0847. The Balaban J connectivity index is 2.56. The Hall–Kier alpha value is -1.36. The number of hydrogen-bond acceptors (Lipinski definition) is 3. The molecule has 3 N–H and O–H groups in total. The van der Waals surface area contributed by atoms with Crippen molar-refractivity contribution >= 4 is 39.0 Å². The highest BCUT2D eigenvalue weighted by Crippen LogP contribution is 2.33. The van der Waals surface area contributed by atoms with E-state index in [1.807, 2.05) is 25.1 Å². The van der Waals surface area contributed by atoms with Crippen molar-refractivity contribution in [3.8, 4) is 0 Å². The third kappa shape index (κ3) is 2.20. The molecule has 5 heteroatoms. The van der Waals surface area contributed by atoms with Crippen molar-refractivity contribution in [3.05, 3.63) is 22.7 Å². The SMILES string of the molecule is CC(=N)N1C(=N)[C@H](C)CNc2cc(Br)ccc21. The molecule has 1 aromatic carbocycles. The van der Waals surface area contributed by atoms with Gasteiger partial charge in [0.05, 0.1) is 11.4 Å². The van der Waals surface area contributed by atoms with Gasteiger partial charge in [0, 0.05) is 16.9 Å². The van der Waals surface area contributed by atoms with E-state index in [1.165, 1.54) is 0 Å². The summed E-state index contributed by atoms with van der Waals surface area (Å²) in [5.41, 5.74) is 1.83. The number of benzene rings is 1. The van der Waals surface area contributed by atoms with E-state index in [0.29, 0.717) is 18.2 Å². The molecule has 0 aliphatic carbocycles. The van der Waals surface area contributed by atoms with Gasteiger partial charge in [0.15, 0.2) is 0 Å². The molecule has 0 spiro atoms. The van der Waals surface area contributed by atoms with E-state index < -0.39 is 0 Å². The smallest absolute Gasteiger partial charge is 0.111 e. The van der Waals surface area contributed by atoms with Gasteiger partial charge in [-0.1, -0.05) is 22.9 Å². The fourth-order valence-corrected chi connectivity index (χ4v) is 2.28. The van der Waals surface area contributed by atoms with E-state index in [2.05, 4.69) is 21.2 Å². The molecule has 0 radical (unpaired) electrons. The van der Waals surface area contributed by atoms with Crippen LogP contribution in [-0.4, -0.2) is 18.2 Å². The number of nitrogens with zero attached hydrogens (tertiary/aromatic N) is 1. The summed E-state index contributed by atoms with van der Waals surface area (Å²) in [7, 11) is 0. The van der Waals surface area contributed by atoms with Crippen LogP contribution in [0.4, 0.5) is 11.4 Å². The normalized spacial score (nSPS) is 19.4. The lowest BCUT2D eigenvalue weighted by molar-refractivity contribution is 0.807. The van der Waals surface area contributed by atoms with Gasteiger partial charge >= 0.3 is 0 Å². The Kier molecular flexibility index (Phi) is 3.19. The highest BCUT2D eigenvalue weighted by molar-refractivity contribution is 9.10. The molecular weight excluding hydrogens is 280 g/mol. The summed E-state index contributed by atoms with van der Waals surface area (Å²) in [5, 5.41) is 19.3. The Morgan fingerprint density at radius 1 is 1.53 bits per heavy atom. The first-order chi connectivity index (χ1) is 8.00. The third-order valence-corrected chi connectivity index (χ3v) is 3.33. The number of hydrogen-bond donors (Lipinski definition) is 3. The first-order valence-electron chi connectivity index (χ1n) is 5.48. The molecule has 0 saturated carbocycles. The van der Waals surface area contributed by atoms with Gasteiger partial charge in [-0.2, -0.15) is 0 Å². The fraction of sp³-hybridized carbons (Fsp3) is 0.333. The summed E-state index contributed by atoms with van der Waals surface area (Å²) in [6.07, 6.45) is 0. The minimum Gasteiger partial charge on any atom is -0.383 e. The van der Waals surface area contributed by atoms with Crippen LogP contribution in [-0.2, 0) is 0 Å². The molecule has 0 fully saturated rings. The molecule has 0 amide bonds. The summed E-state index contributed by atoms with van der Waals surface area (Å²) < 4.78 is 0.993. The van der Waals surface area contributed by atoms with Crippen LogP contribution in [0, 0.1) is 16.7 Å². The Morgan fingerprint density at radius 3 is 2.88 bits per heavy atom. The minimum atomic E-state index is 0.0847. The van der Waals surface area contributed by atoms with Crippen LogP contribution < -0.4 is 10.2 Å². The number of halogens is 1. The molecular formula is C12H15BrN4. The topological polar surface area (TPSA) is 63.0 Å². The maximum absolute atomic E-state index is 8.14. The number of anilines is 2. The molecule has 2 rings (SSSR count). The number of rotatable bonds is 0. The zero-order valence-corrected chi connectivity index (χ0v) is 11.4. The second kappa shape index (κ2) is 4.49. The lowest BCUT2D eigenvalue weighted by Crippen LogP contribution is -2.38. The third-order valence-electron chi connectivity index (χ3n) is 2.84. The molecule has 0 bridgehead atoms. The van der Waals surface area contributed by atoms with Crippen LogP contribution in [0.1, 0.15) is 13.8 Å². The van der Waals surface area contributed by atoms with Crippen molar-refractivity contribution in [2.75, 3.05) is 16.8 Å². The monoisotopic (exact) mass is 294 g/mol. The molecule has 0 saturated heterocycles. The summed E-state index contributed by atoms with van der Waals surface area (Å²) in [6.45, 7) is 4.41. The van der Waals surface area contributed by atoms with Crippen LogP contribution in [0.3, 0.4) is 0 Å². The molecule has 1 aliphatic rings. The molecule has 90 valence electrons. The van der Waals surface area contributed by atoms with Gasteiger partial charge in [-0.15, -0.1) is 0 Å². The second-order valence-electron chi connectivity index (χ2n) is 4.25. The van der Waals surface area contributed by atoms with Crippen molar-refractivity contribution in [1.29, 1.82) is 10.8 Å². The van der Waals surface area contributed by atoms with E-state index >= 15 is 0 Å². The average molecular weight is 295 g/mol. The number of amidine groups is 2. The van der Waals surface area contributed by atoms with Crippen molar-refractivity contribution in [2.24, 2.45) is 5.92 Å². The number of fused-ring (bicyclic) bond motifs is 1. The zero-order chi connectivity index (χ0) is 12.6. The maximum Gasteiger partial charge on any atom is 0.111 e. The second-order valence-corrected chi connectivity index (χ2v) is 5.17. The fourth-order valence-electron chi connectivity index (χ4n) is 1.92. The molecule has 0 unspecified atom stereocenters. The standard InChI is InChI=1S/C12H15BrN4/c1-7-6-16-10-5-9(13)3-4-11(10)17(8(2)14)12(7)15/h3-5,7,14-16H,6H2,1-2H3/t7-/m1/s1. The lowest BCUT2D eigenvalue weighted by Gasteiger charge is -2.25. The highest BCUT2D eigenvalue weighted by atomic mass is 79.9. The Bertz CT molecular complexity index is 483. The van der Waals surface area contributed by atoms with Gasteiger partial charge in [-0.3, -0.25) is 15.7 Å². The molecule has 1 aromatic rings. The van der Waals surface area contributed by atoms with Gasteiger partial charge in [0.25, 0.3) is 0 Å². The van der Waals surface area contributed by atoms with Gasteiger partial charge in [0.1, 0.15) is 11.7 Å². The average Bonchev–Trinajstić information content (AvgIpc) is 2.38. The van der Waals surface area contributed by atoms with Crippen LogP contribution in [0.2, 0.25) is 0 Å². The molecule has 4 nitrogen and oxygen atoms in total. The summed E-state index contributed by atoms with van der Waals surface area (Å²) in [6, 6.07) is 5.84. The van der Waals surface area contributed by atoms with Gasteiger partial charge in [-0.05, 0) is 25.1 Å². The molecule has 0 aromatic heterocycles. The molecule has 1 aliphatic heterocycles. The number of nitrogens with one attached hydrogen (secondary N) is 3. The van der Waals surface area contributed by atoms with Gasteiger partial charge in [-0.25, -0.2) is 0 Å². The largest absolute Gasteiger partial charge is 0.383 e. The zero-order valence-electron chi connectivity index (χ0n) is 9.84. The first-order valence-corrected chi connectivity index (χ1v) is 6.27. The van der Waals surface area contributed by atoms with Crippen molar-refractivity contribution in [1.82, 2.24) is 0 Å². The van der Waals surface area contributed by atoms with E-state index in [4.69, 9.17) is 10.8 Å². The lowest BCUT2D eigenvalue weighted by atomic mass is 10.1. The summed E-state index contributed by atoms with van der Waals surface area (Å²) in [4.78, 5) is 1.69. The van der Waals surface area contributed by atoms with Crippen molar-refractivity contribution < 1.29 is 0 Å². The van der Waals surface area contributed by atoms with E-state index in [9.17, 15) is 0 Å². The van der Waals surface area contributed by atoms with Crippen LogP contribution in [0.5, 0.6) is 0 Å². The maximum atomic E-state index is 8.14. The van der Waals surface area contributed by atoms with E-state index in [0.717, 1.165) is 15.8 Å². The van der Waals surface area contributed by atoms with Crippen molar-refractivity contribution in [2.45, 2.75) is 13.8 Å². The quantitative estimate of drug-likeness (QED) is 0.508. The summed E-state index contributed by atoms with van der Waals surface area (Å²) in [5.74, 6) is 0.918. The van der Waals surface area contributed by atoms with Gasteiger partial charge < -0.3 is 5.32 Å². The predicted octanol–water partition coefficient (Wildman–Crippen LogP) is 3.29. The Morgan fingerprint density at radius 2 is 2.24 bits per heavy atom. The Labute approximate surface area is 109 Å². The van der Waals surface area contributed by atoms with Gasteiger partial charge in [0.2, 0.25) is 0 Å². The predicted molar refractivity (Wildman–Crippen MR) is 75.4 cm³/mol.